The molecule has 0 saturated carbocycles. The quantitative estimate of drug-likeness (QED) is 0.296. The van der Waals surface area contributed by atoms with Gasteiger partial charge in [-0.05, 0) is 75.5 Å². The molecule has 3 heterocycles. The van der Waals surface area contributed by atoms with Gasteiger partial charge in [-0.15, -0.1) is 0 Å². The Labute approximate surface area is 221 Å². The lowest BCUT2D eigenvalue weighted by atomic mass is 10.1. The molecular formula is C28H33N7O3. The number of nitrogens with zero attached hydrogens (tertiary/aromatic N) is 5. The number of carbonyl (C=O) groups excluding carboxylic acids is 1. The monoisotopic (exact) mass is 515 g/mol. The minimum absolute atomic E-state index is 0.0712. The first-order valence-corrected chi connectivity index (χ1v) is 12.6. The molecule has 1 aromatic carbocycles. The standard InChI is InChI=1S/C28H33N7O3/c1-4-38-22-11-9-21(10-12-22)35-27(33-26-23(28(35)37)8-6-15-31-26)24(13-16-30-25(36)19-34(2)3)32-18-20-7-5-14-29-17-20/h5-12,14-15,17,24,32H,4,13,16,18-19H2,1-3H3,(H,30,36)/t24-/m1/s1. The molecule has 0 spiro atoms. The zero-order valence-corrected chi connectivity index (χ0v) is 21.9. The molecule has 1 amide bonds. The summed E-state index contributed by atoms with van der Waals surface area (Å²) in [5.74, 6) is 1.16. The molecule has 0 aliphatic rings. The molecule has 0 bridgehead atoms. The van der Waals surface area contributed by atoms with Gasteiger partial charge < -0.3 is 20.3 Å². The smallest absolute Gasteiger partial charge is 0.267 e. The van der Waals surface area contributed by atoms with Gasteiger partial charge in [-0.25, -0.2) is 9.97 Å². The Bertz CT molecular complexity index is 1410. The zero-order chi connectivity index (χ0) is 26.9. The summed E-state index contributed by atoms with van der Waals surface area (Å²) in [5, 5.41) is 6.92. The molecule has 38 heavy (non-hydrogen) atoms. The van der Waals surface area contributed by atoms with Gasteiger partial charge in [0.05, 0.1) is 30.3 Å². The normalized spacial score (nSPS) is 12.0. The van der Waals surface area contributed by atoms with Crippen molar-refractivity contribution in [1.29, 1.82) is 0 Å². The van der Waals surface area contributed by atoms with Gasteiger partial charge in [0, 0.05) is 31.7 Å². The second-order valence-electron chi connectivity index (χ2n) is 9.08. The second kappa shape index (κ2) is 12.9. The van der Waals surface area contributed by atoms with Crippen LogP contribution in [0.2, 0.25) is 0 Å². The van der Waals surface area contributed by atoms with Crippen molar-refractivity contribution in [2.45, 2.75) is 25.9 Å². The van der Waals surface area contributed by atoms with Crippen LogP contribution in [0.4, 0.5) is 0 Å². The highest BCUT2D eigenvalue weighted by Crippen LogP contribution is 2.22. The van der Waals surface area contributed by atoms with E-state index in [-0.39, 0.29) is 17.5 Å². The third kappa shape index (κ3) is 6.78. The third-order valence-electron chi connectivity index (χ3n) is 5.88. The number of amides is 1. The van der Waals surface area contributed by atoms with E-state index in [1.807, 2.05) is 62.3 Å². The minimum Gasteiger partial charge on any atom is -0.494 e. The van der Waals surface area contributed by atoms with E-state index in [0.717, 1.165) is 11.3 Å². The highest BCUT2D eigenvalue weighted by molar-refractivity contribution is 5.78. The number of ether oxygens (including phenoxy) is 1. The van der Waals surface area contributed by atoms with E-state index in [4.69, 9.17) is 9.72 Å². The van der Waals surface area contributed by atoms with Crippen LogP contribution >= 0.6 is 0 Å². The van der Waals surface area contributed by atoms with E-state index in [1.165, 1.54) is 0 Å². The number of aromatic nitrogens is 4. The van der Waals surface area contributed by atoms with E-state index < -0.39 is 0 Å². The fourth-order valence-electron chi connectivity index (χ4n) is 4.14. The van der Waals surface area contributed by atoms with Gasteiger partial charge in [0.1, 0.15) is 11.6 Å². The Balaban J connectivity index is 1.74. The van der Waals surface area contributed by atoms with Gasteiger partial charge in [-0.2, -0.15) is 0 Å². The van der Waals surface area contributed by atoms with Crippen LogP contribution in [-0.4, -0.2) is 64.1 Å². The molecule has 198 valence electrons. The molecule has 4 rings (SSSR count). The SMILES string of the molecule is CCOc1ccc(-n2c([C@@H](CCNC(=O)CN(C)C)NCc3cccnc3)nc3ncccc3c2=O)cc1. The fourth-order valence-corrected chi connectivity index (χ4v) is 4.14. The number of pyridine rings is 2. The summed E-state index contributed by atoms with van der Waals surface area (Å²) in [6.45, 7) is 3.67. The maximum Gasteiger partial charge on any atom is 0.267 e. The first kappa shape index (κ1) is 26.9. The molecule has 4 aromatic rings. The topological polar surface area (TPSA) is 114 Å². The molecular weight excluding hydrogens is 482 g/mol. The van der Waals surface area contributed by atoms with Crippen molar-refractivity contribution in [3.63, 3.8) is 0 Å². The predicted molar refractivity (Wildman–Crippen MR) is 146 cm³/mol. The lowest BCUT2D eigenvalue weighted by molar-refractivity contribution is -0.121. The lowest BCUT2D eigenvalue weighted by Gasteiger charge is -2.23. The summed E-state index contributed by atoms with van der Waals surface area (Å²) >= 11 is 0. The van der Waals surface area contributed by atoms with Crippen molar-refractivity contribution in [2.75, 3.05) is 33.8 Å². The van der Waals surface area contributed by atoms with E-state index in [0.29, 0.717) is 55.2 Å². The van der Waals surface area contributed by atoms with E-state index in [2.05, 4.69) is 20.6 Å². The maximum atomic E-state index is 13.8. The van der Waals surface area contributed by atoms with Gasteiger partial charge in [0.25, 0.3) is 5.56 Å². The van der Waals surface area contributed by atoms with Crippen LogP contribution < -0.4 is 20.9 Å². The number of likely N-dealkylation sites (N-methyl/N-ethyl adjacent to an activating group) is 1. The lowest BCUT2D eigenvalue weighted by Crippen LogP contribution is -2.37. The number of nitrogens with one attached hydrogen (secondary N) is 2. The molecule has 10 heteroatoms. The average molecular weight is 516 g/mol. The summed E-state index contributed by atoms with van der Waals surface area (Å²) in [4.78, 5) is 41.3. The van der Waals surface area contributed by atoms with E-state index in [1.54, 1.807) is 35.3 Å². The molecule has 0 unspecified atom stereocenters. The summed E-state index contributed by atoms with van der Waals surface area (Å²) in [6, 6.07) is 14.3. The van der Waals surface area contributed by atoms with Crippen molar-refractivity contribution in [3.8, 4) is 11.4 Å². The molecule has 0 aliphatic carbocycles. The fraction of sp³-hybridized carbons (Fsp3) is 0.321. The Hall–Kier alpha value is -4.15. The molecule has 2 N–H and O–H groups in total. The van der Waals surface area contributed by atoms with Crippen molar-refractivity contribution in [2.24, 2.45) is 0 Å². The molecule has 0 aliphatic heterocycles. The Morgan fingerprint density at radius 1 is 1.11 bits per heavy atom. The van der Waals surface area contributed by atoms with E-state index >= 15 is 0 Å². The van der Waals surface area contributed by atoms with Crippen LogP contribution in [0.5, 0.6) is 5.75 Å². The van der Waals surface area contributed by atoms with Crippen LogP contribution in [0, 0.1) is 0 Å². The van der Waals surface area contributed by atoms with Crippen molar-refractivity contribution >= 4 is 16.9 Å². The average Bonchev–Trinajstić information content (AvgIpc) is 2.91. The Morgan fingerprint density at radius 2 is 1.89 bits per heavy atom. The van der Waals surface area contributed by atoms with Gasteiger partial charge in [0.2, 0.25) is 5.91 Å². The summed E-state index contributed by atoms with van der Waals surface area (Å²) in [6.07, 6.45) is 5.64. The summed E-state index contributed by atoms with van der Waals surface area (Å²) < 4.78 is 7.20. The minimum atomic E-state index is -0.375. The second-order valence-corrected chi connectivity index (χ2v) is 9.08. The van der Waals surface area contributed by atoms with Crippen LogP contribution in [0.3, 0.4) is 0 Å². The number of carbonyl (C=O) groups is 1. The summed E-state index contributed by atoms with van der Waals surface area (Å²) in [5.41, 5.74) is 1.81. The van der Waals surface area contributed by atoms with Crippen molar-refractivity contribution in [3.05, 3.63) is 88.9 Å². The molecule has 3 aromatic heterocycles. The molecule has 0 saturated heterocycles. The molecule has 1 atom stereocenters. The number of hydrogen-bond donors (Lipinski definition) is 2. The van der Waals surface area contributed by atoms with Crippen LogP contribution in [0.25, 0.3) is 16.7 Å². The number of fused-ring (bicyclic) bond motifs is 1. The Morgan fingerprint density at radius 3 is 2.61 bits per heavy atom. The molecule has 10 nitrogen and oxygen atoms in total. The first-order valence-electron chi connectivity index (χ1n) is 12.6. The van der Waals surface area contributed by atoms with Crippen LogP contribution in [0.1, 0.15) is 30.8 Å². The van der Waals surface area contributed by atoms with E-state index in [9.17, 15) is 9.59 Å². The maximum absolute atomic E-state index is 13.8. The largest absolute Gasteiger partial charge is 0.494 e. The molecule has 0 fully saturated rings. The van der Waals surface area contributed by atoms with Gasteiger partial charge in [0.15, 0.2) is 5.65 Å². The summed E-state index contributed by atoms with van der Waals surface area (Å²) in [7, 11) is 3.69. The predicted octanol–water partition coefficient (Wildman–Crippen LogP) is 2.47. The van der Waals surface area contributed by atoms with Gasteiger partial charge in [-0.3, -0.25) is 19.1 Å². The van der Waals surface area contributed by atoms with Gasteiger partial charge in [-0.1, -0.05) is 6.07 Å². The highest BCUT2D eigenvalue weighted by atomic mass is 16.5. The molecule has 0 radical (unpaired) electrons. The van der Waals surface area contributed by atoms with Crippen LogP contribution in [0.15, 0.2) is 71.9 Å². The van der Waals surface area contributed by atoms with Crippen molar-refractivity contribution < 1.29 is 9.53 Å². The Kier molecular flexibility index (Phi) is 9.12. The highest BCUT2D eigenvalue weighted by Gasteiger charge is 2.22. The third-order valence-corrected chi connectivity index (χ3v) is 5.88. The van der Waals surface area contributed by atoms with Crippen molar-refractivity contribution in [1.82, 2.24) is 35.1 Å². The van der Waals surface area contributed by atoms with Crippen LogP contribution in [-0.2, 0) is 11.3 Å². The first-order chi connectivity index (χ1) is 18.5. The van der Waals surface area contributed by atoms with Gasteiger partial charge >= 0.3 is 0 Å². The number of hydrogen-bond acceptors (Lipinski definition) is 8. The zero-order valence-electron chi connectivity index (χ0n) is 21.9. The number of rotatable bonds is 12. The number of benzene rings is 1.